The summed E-state index contributed by atoms with van der Waals surface area (Å²) in [4.78, 5) is 38.1. The monoisotopic (exact) mass is 403 g/mol. The van der Waals surface area contributed by atoms with E-state index in [0.717, 1.165) is 16.7 Å². The highest BCUT2D eigenvalue weighted by atomic mass is 32.2. The predicted molar refractivity (Wildman–Crippen MR) is 102 cm³/mol. The van der Waals surface area contributed by atoms with Gasteiger partial charge in [0, 0.05) is 18.7 Å². The third kappa shape index (κ3) is 3.99. The van der Waals surface area contributed by atoms with Crippen molar-refractivity contribution in [3.63, 3.8) is 0 Å². The Hall–Kier alpha value is -2.94. The van der Waals surface area contributed by atoms with Gasteiger partial charge in [-0.25, -0.2) is 4.39 Å². The van der Waals surface area contributed by atoms with E-state index in [2.05, 4.69) is 10.5 Å². The summed E-state index contributed by atoms with van der Waals surface area (Å²) in [6.07, 6.45) is 1.90. The van der Waals surface area contributed by atoms with Crippen LogP contribution in [0.2, 0.25) is 0 Å². The molecule has 0 bridgehead atoms. The lowest BCUT2D eigenvalue weighted by Gasteiger charge is -2.13. The maximum absolute atomic E-state index is 13.8. The minimum atomic E-state index is -0.511. The molecule has 1 fully saturated rings. The van der Waals surface area contributed by atoms with Crippen molar-refractivity contribution in [3.05, 3.63) is 57.6 Å². The van der Waals surface area contributed by atoms with Gasteiger partial charge in [-0.15, -0.1) is 0 Å². The van der Waals surface area contributed by atoms with Gasteiger partial charge in [0.1, 0.15) is 17.1 Å². The zero-order valence-electron chi connectivity index (χ0n) is 15.3. The molecule has 0 atom stereocenters. The van der Waals surface area contributed by atoms with E-state index in [1.807, 2.05) is 6.92 Å². The van der Waals surface area contributed by atoms with Crippen molar-refractivity contribution in [3.8, 4) is 0 Å². The van der Waals surface area contributed by atoms with Crippen molar-refractivity contribution < 1.29 is 23.3 Å². The summed E-state index contributed by atoms with van der Waals surface area (Å²) in [6, 6.07) is 5.99. The number of nitrogens with one attached hydrogen (secondary N) is 1. The Labute approximate surface area is 164 Å². The maximum atomic E-state index is 13.8. The van der Waals surface area contributed by atoms with E-state index in [1.165, 1.54) is 18.2 Å². The molecule has 1 aliphatic rings. The molecule has 28 heavy (non-hydrogen) atoms. The Balaban J connectivity index is 1.63. The number of nitrogens with zero attached hydrogens (tertiary/aromatic N) is 2. The van der Waals surface area contributed by atoms with Crippen LogP contribution in [0.5, 0.6) is 0 Å². The molecule has 9 heteroatoms. The lowest BCUT2D eigenvalue weighted by Crippen LogP contribution is -2.37. The van der Waals surface area contributed by atoms with Crippen molar-refractivity contribution >= 4 is 34.9 Å². The molecule has 146 valence electrons. The van der Waals surface area contributed by atoms with Crippen LogP contribution < -0.4 is 5.32 Å². The average Bonchev–Trinajstić information content (AvgIpc) is 3.17. The number of imide groups is 1. The molecule has 3 amide bonds. The first-order chi connectivity index (χ1) is 13.4. The number of thioether (sulfide) groups is 1. The number of rotatable bonds is 6. The molecule has 0 saturated carbocycles. The van der Waals surface area contributed by atoms with Gasteiger partial charge in [0.2, 0.25) is 0 Å². The Morgan fingerprint density at radius 1 is 1.36 bits per heavy atom. The second kappa shape index (κ2) is 8.39. The summed E-state index contributed by atoms with van der Waals surface area (Å²) in [6.45, 7) is 3.59. The van der Waals surface area contributed by atoms with Crippen molar-refractivity contribution in [1.82, 2.24) is 15.4 Å². The van der Waals surface area contributed by atoms with Gasteiger partial charge in [-0.1, -0.05) is 30.3 Å². The van der Waals surface area contributed by atoms with E-state index in [9.17, 15) is 18.8 Å². The topological polar surface area (TPSA) is 92.5 Å². The first-order valence-electron chi connectivity index (χ1n) is 8.65. The molecular formula is C19H18FN3O4S. The number of aromatic nitrogens is 1. The van der Waals surface area contributed by atoms with Crippen LogP contribution in [0.15, 0.2) is 33.7 Å². The maximum Gasteiger partial charge on any atom is 0.293 e. The highest BCUT2D eigenvalue weighted by Gasteiger charge is 2.35. The van der Waals surface area contributed by atoms with Crippen LogP contribution in [0, 0.1) is 12.7 Å². The molecule has 2 aromatic rings. The Morgan fingerprint density at radius 2 is 2.11 bits per heavy atom. The number of carbonyl (C=O) groups excluding carboxylic acids is 3. The van der Waals surface area contributed by atoms with Crippen LogP contribution in [0.4, 0.5) is 9.18 Å². The number of carbonyl (C=O) groups is 3. The molecule has 3 rings (SSSR count). The predicted octanol–water partition coefficient (Wildman–Crippen LogP) is 3.15. The molecule has 0 spiro atoms. The minimum absolute atomic E-state index is 0.0107. The van der Waals surface area contributed by atoms with Gasteiger partial charge in [0.15, 0.2) is 0 Å². The minimum Gasteiger partial charge on any atom is -0.361 e. The van der Waals surface area contributed by atoms with Gasteiger partial charge in [0.25, 0.3) is 17.1 Å². The number of benzene rings is 1. The average molecular weight is 403 g/mol. The SMILES string of the molecule is CCc1noc(C)c1C(=O)NCCN1C(=O)S/C(=C/c2ccccc2F)C1=O. The van der Waals surface area contributed by atoms with Gasteiger partial charge in [-0.05, 0) is 37.2 Å². The highest BCUT2D eigenvalue weighted by Crippen LogP contribution is 2.32. The van der Waals surface area contributed by atoms with Crippen LogP contribution in [0.1, 0.15) is 34.3 Å². The van der Waals surface area contributed by atoms with Gasteiger partial charge >= 0.3 is 0 Å². The standard InChI is InChI=1S/C19H18FN3O4S/c1-3-14-16(11(2)27-22-14)17(24)21-8-9-23-18(25)15(28-19(23)26)10-12-6-4-5-7-13(12)20/h4-7,10H,3,8-9H2,1-2H3,(H,21,24)/b15-10+. The second-order valence-electron chi connectivity index (χ2n) is 6.02. The molecular weight excluding hydrogens is 385 g/mol. The van der Waals surface area contributed by atoms with Crippen LogP contribution in [-0.2, 0) is 11.2 Å². The van der Waals surface area contributed by atoms with Crippen LogP contribution in [0.25, 0.3) is 6.08 Å². The van der Waals surface area contributed by atoms with Gasteiger partial charge in [-0.2, -0.15) is 0 Å². The lowest BCUT2D eigenvalue weighted by atomic mass is 10.1. The van der Waals surface area contributed by atoms with Crippen molar-refractivity contribution in [2.45, 2.75) is 20.3 Å². The number of hydrogen-bond acceptors (Lipinski definition) is 6. The largest absolute Gasteiger partial charge is 0.361 e. The van der Waals surface area contributed by atoms with E-state index in [1.54, 1.807) is 19.1 Å². The van der Waals surface area contributed by atoms with Crippen molar-refractivity contribution in [2.75, 3.05) is 13.1 Å². The van der Waals surface area contributed by atoms with E-state index < -0.39 is 17.0 Å². The summed E-state index contributed by atoms with van der Waals surface area (Å²) < 4.78 is 18.8. The molecule has 7 nitrogen and oxygen atoms in total. The van der Waals surface area contributed by atoms with Crippen molar-refractivity contribution in [2.24, 2.45) is 0 Å². The molecule has 1 aliphatic heterocycles. The summed E-state index contributed by atoms with van der Waals surface area (Å²) in [5.74, 6) is -0.946. The van der Waals surface area contributed by atoms with E-state index in [0.29, 0.717) is 23.4 Å². The van der Waals surface area contributed by atoms with Crippen LogP contribution >= 0.6 is 11.8 Å². The molecule has 1 aromatic heterocycles. The highest BCUT2D eigenvalue weighted by molar-refractivity contribution is 8.18. The lowest BCUT2D eigenvalue weighted by molar-refractivity contribution is -0.122. The quantitative estimate of drug-likeness (QED) is 0.745. The number of halogens is 1. The Bertz CT molecular complexity index is 970. The van der Waals surface area contributed by atoms with Crippen molar-refractivity contribution in [1.29, 1.82) is 0 Å². The van der Waals surface area contributed by atoms with E-state index >= 15 is 0 Å². The smallest absolute Gasteiger partial charge is 0.293 e. The summed E-state index contributed by atoms with van der Waals surface area (Å²) in [5, 5.41) is 6.03. The first-order valence-corrected chi connectivity index (χ1v) is 9.47. The number of hydrogen-bond donors (Lipinski definition) is 1. The van der Waals surface area contributed by atoms with Gasteiger partial charge in [0.05, 0.1) is 10.6 Å². The van der Waals surface area contributed by atoms with Crippen LogP contribution in [-0.4, -0.2) is 40.2 Å². The molecule has 0 aliphatic carbocycles. The van der Waals surface area contributed by atoms with Gasteiger partial charge in [-0.3, -0.25) is 19.3 Å². The molecule has 0 unspecified atom stereocenters. The first kappa shape index (κ1) is 19.8. The Kier molecular flexibility index (Phi) is 5.93. The Morgan fingerprint density at radius 3 is 2.82 bits per heavy atom. The number of aryl methyl sites for hydroxylation is 2. The summed E-state index contributed by atoms with van der Waals surface area (Å²) >= 11 is 0.745. The molecule has 2 heterocycles. The van der Waals surface area contributed by atoms with E-state index in [4.69, 9.17) is 4.52 Å². The third-order valence-electron chi connectivity index (χ3n) is 4.18. The molecule has 1 saturated heterocycles. The van der Waals surface area contributed by atoms with Gasteiger partial charge < -0.3 is 9.84 Å². The fourth-order valence-electron chi connectivity index (χ4n) is 2.75. The van der Waals surface area contributed by atoms with E-state index in [-0.39, 0.29) is 29.5 Å². The number of amides is 3. The summed E-state index contributed by atoms with van der Waals surface area (Å²) in [7, 11) is 0. The second-order valence-corrected chi connectivity index (χ2v) is 7.02. The van der Waals surface area contributed by atoms with Crippen LogP contribution in [0.3, 0.4) is 0 Å². The molecule has 1 N–H and O–H groups in total. The zero-order chi connectivity index (χ0) is 20.3. The summed E-state index contributed by atoms with van der Waals surface area (Å²) in [5.41, 5.74) is 1.15. The molecule has 0 radical (unpaired) electrons. The fraction of sp³-hybridized carbons (Fsp3) is 0.263. The normalized spacial score (nSPS) is 15.5. The third-order valence-corrected chi connectivity index (χ3v) is 5.09. The zero-order valence-corrected chi connectivity index (χ0v) is 16.1. The molecule has 1 aromatic carbocycles. The fourth-order valence-corrected chi connectivity index (χ4v) is 3.60.